The van der Waals surface area contributed by atoms with E-state index in [9.17, 15) is 14.4 Å². The normalized spacial score (nSPS) is 16.9. The fourth-order valence-electron chi connectivity index (χ4n) is 5.77. The molecule has 3 rings (SSSR count). The quantitative estimate of drug-likeness (QED) is 0.194. The van der Waals surface area contributed by atoms with Crippen LogP contribution in [0.15, 0.2) is 48.5 Å². The molecule has 3 amide bonds. The van der Waals surface area contributed by atoms with E-state index in [0.717, 1.165) is 24.0 Å². The number of hydrogen-bond acceptors (Lipinski definition) is 6. The first-order valence-electron chi connectivity index (χ1n) is 15.4. The van der Waals surface area contributed by atoms with Gasteiger partial charge in [-0.25, -0.2) is 14.5 Å². The van der Waals surface area contributed by atoms with Crippen molar-refractivity contribution in [2.75, 3.05) is 13.2 Å². The number of amides is 3. The van der Waals surface area contributed by atoms with E-state index in [4.69, 9.17) is 9.47 Å². The van der Waals surface area contributed by atoms with Gasteiger partial charge in [0, 0.05) is 18.6 Å². The van der Waals surface area contributed by atoms with Crippen LogP contribution in [0.5, 0.6) is 5.75 Å². The Labute approximate surface area is 251 Å². The maximum absolute atomic E-state index is 13.5. The van der Waals surface area contributed by atoms with Gasteiger partial charge in [0.05, 0.1) is 11.6 Å². The highest BCUT2D eigenvalue weighted by atomic mass is 16.5. The Morgan fingerprint density at radius 2 is 1.55 bits per heavy atom. The SMILES string of the molecule is CCCC(NC(=O)N1C(=O)C(CC)(CC)C1Oc1ccc(C(=O)OCCN(C(C)C)C(C)C)cc1)c1ccc(C)cc1. The predicted octanol–water partition coefficient (Wildman–Crippen LogP) is 6.88. The first-order chi connectivity index (χ1) is 20.0. The Morgan fingerprint density at radius 1 is 0.952 bits per heavy atom. The lowest BCUT2D eigenvalue weighted by molar-refractivity contribution is -0.191. The van der Waals surface area contributed by atoms with Crippen molar-refractivity contribution in [2.45, 2.75) is 105 Å². The topological polar surface area (TPSA) is 88.2 Å². The van der Waals surface area contributed by atoms with E-state index in [1.165, 1.54) is 4.90 Å². The maximum Gasteiger partial charge on any atom is 0.338 e. The Kier molecular flexibility index (Phi) is 11.6. The van der Waals surface area contributed by atoms with E-state index in [-0.39, 0.29) is 11.9 Å². The van der Waals surface area contributed by atoms with Gasteiger partial charge in [-0.05, 0) is 83.7 Å². The number of esters is 1. The lowest BCUT2D eigenvalue weighted by Gasteiger charge is -2.53. The van der Waals surface area contributed by atoms with E-state index in [1.54, 1.807) is 24.3 Å². The van der Waals surface area contributed by atoms with Crippen LogP contribution >= 0.6 is 0 Å². The molecule has 42 heavy (non-hydrogen) atoms. The predicted molar refractivity (Wildman–Crippen MR) is 165 cm³/mol. The van der Waals surface area contributed by atoms with Gasteiger partial charge in [-0.2, -0.15) is 0 Å². The zero-order valence-corrected chi connectivity index (χ0v) is 26.6. The van der Waals surface area contributed by atoms with Crippen LogP contribution in [-0.4, -0.2) is 59.2 Å². The number of aryl methyl sites for hydroxylation is 1. The van der Waals surface area contributed by atoms with Gasteiger partial charge in [-0.15, -0.1) is 0 Å². The molecular weight excluding hydrogens is 530 g/mol. The molecule has 0 radical (unpaired) electrons. The molecule has 1 aliphatic rings. The number of benzene rings is 2. The van der Waals surface area contributed by atoms with Crippen LogP contribution in [-0.2, 0) is 9.53 Å². The van der Waals surface area contributed by atoms with Gasteiger partial charge in [0.15, 0.2) is 6.23 Å². The molecule has 1 saturated heterocycles. The van der Waals surface area contributed by atoms with Gasteiger partial charge in [0.25, 0.3) is 0 Å². The minimum atomic E-state index is -0.794. The number of urea groups is 1. The molecule has 0 bridgehead atoms. The van der Waals surface area contributed by atoms with E-state index in [1.807, 2.05) is 45.0 Å². The van der Waals surface area contributed by atoms with Crippen molar-refractivity contribution >= 4 is 17.9 Å². The summed E-state index contributed by atoms with van der Waals surface area (Å²) in [6.07, 6.45) is 1.96. The van der Waals surface area contributed by atoms with E-state index < -0.39 is 23.6 Å². The molecule has 2 aromatic carbocycles. The maximum atomic E-state index is 13.5. The number of rotatable bonds is 14. The molecule has 0 aliphatic carbocycles. The summed E-state index contributed by atoms with van der Waals surface area (Å²) in [5.74, 6) is -0.155. The molecule has 1 fully saturated rings. The number of nitrogens with zero attached hydrogens (tertiary/aromatic N) is 2. The van der Waals surface area contributed by atoms with Crippen molar-refractivity contribution in [1.29, 1.82) is 0 Å². The van der Waals surface area contributed by atoms with Crippen molar-refractivity contribution in [3.63, 3.8) is 0 Å². The Hall–Kier alpha value is -3.39. The fraction of sp³-hybridized carbons (Fsp3) is 0.559. The number of likely N-dealkylation sites (tertiary alicyclic amines) is 1. The van der Waals surface area contributed by atoms with Gasteiger partial charge in [0.1, 0.15) is 17.8 Å². The standard InChI is InChI=1S/C34H49N3O5/c1-9-12-29(26-15-13-25(8)14-16-26)35-33(40)37-31(39)34(10-2,11-3)32(37)42-28-19-17-27(18-20-28)30(38)41-22-21-36(23(4)5)24(6)7/h13-20,23-24,29,32H,9-12,21-22H2,1-8H3,(H,35,40). The number of β-lactam (4-membered cyclic amide) rings is 1. The first-order valence-corrected chi connectivity index (χ1v) is 15.4. The zero-order chi connectivity index (χ0) is 31.0. The van der Waals surface area contributed by atoms with Crippen LogP contribution in [0.1, 0.15) is 102 Å². The fourth-order valence-corrected chi connectivity index (χ4v) is 5.77. The summed E-state index contributed by atoms with van der Waals surface area (Å²) < 4.78 is 11.8. The number of nitrogens with one attached hydrogen (secondary N) is 1. The number of carbonyl (C=O) groups excluding carboxylic acids is 3. The molecule has 0 spiro atoms. The van der Waals surface area contributed by atoms with Gasteiger partial charge in [0.2, 0.25) is 5.91 Å². The largest absolute Gasteiger partial charge is 0.469 e. The zero-order valence-electron chi connectivity index (χ0n) is 26.6. The van der Waals surface area contributed by atoms with E-state index in [0.29, 0.717) is 49.4 Å². The van der Waals surface area contributed by atoms with Crippen molar-refractivity contribution in [3.05, 3.63) is 65.2 Å². The second-order valence-electron chi connectivity index (χ2n) is 11.8. The minimum absolute atomic E-state index is 0.215. The van der Waals surface area contributed by atoms with Gasteiger partial charge < -0.3 is 14.8 Å². The van der Waals surface area contributed by atoms with E-state index >= 15 is 0 Å². The van der Waals surface area contributed by atoms with Crippen LogP contribution in [0.3, 0.4) is 0 Å². The van der Waals surface area contributed by atoms with Crippen LogP contribution in [0.2, 0.25) is 0 Å². The number of hydrogen-bond donors (Lipinski definition) is 1. The molecule has 2 atom stereocenters. The highest BCUT2D eigenvalue weighted by Crippen LogP contribution is 2.46. The van der Waals surface area contributed by atoms with Crippen molar-refractivity contribution in [3.8, 4) is 5.75 Å². The van der Waals surface area contributed by atoms with Crippen LogP contribution < -0.4 is 10.1 Å². The second-order valence-corrected chi connectivity index (χ2v) is 11.8. The molecule has 1 N–H and O–H groups in total. The summed E-state index contributed by atoms with van der Waals surface area (Å²) in [6, 6.07) is 14.8. The van der Waals surface area contributed by atoms with E-state index in [2.05, 4.69) is 44.8 Å². The molecule has 1 aliphatic heterocycles. The summed E-state index contributed by atoms with van der Waals surface area (Å²) in [5.41, 5.74) is 1.77. The molecule has 8 heteroatoms. The van der Waals surface area contributed by atoms with Crippen LogP contribution in [0.4, 0.5) is 4.79 Å². The van der Waals surface area contributed by atoms with Gasteiger partial charge in [-0.3, -0.25) is 9.69 Å². The van der Waals surface area contributed by atoms with Gasteiger partial charge >= 0.3 is 12.0 Å². The average Bonchev–Trinajstić information content (AvgIpc) is 2.96. The second kappa shape index (κ2) is 14.7. The van der Waals surface area contributed by atoms with Crippen LogP contribution in [0, 0.1) is 12.3 Å². The summed E-state index contributed by atoms with van der Waals surface area (Å²) in [6.45, 7) is 17.4. The highest BCUT2D eigenvalue weighted by molar-refractivity contribution is 6.03. The third-order valence-corrected chi connectivity index (χ3v) is 8.43. The Morgan fingerprint density at radius 3 is 2.07 bits per heavy atom. The molecule has 2 unspecified atom stereocenters. The first kappa shape index (κ1) is 33.1. The summed E-state index contributed by atoms with van der Waals surface area (Å²) in [4.78, 5) is 43.0. The van der Waals surface area contributed by atoms with Crippen molar-refractivity contribution < 1.29 is 23.9 Å². The summed E-state index contributed by atoms with van der Waals surface area (Å²) in [7, 11) is 0. The third-order valence-electron chi connectivity index (χ3n) is 8.43. The highest BCUT2D eigenvalue weighted by Gasteiger charge is 2.63. The number of carbonyl (C=O) groups is 3. The molecule has 0 aromatic heterocycles. The molecule has 230 valence electrons. The lowest BCUT2D eigenvalue weighted by atomic mass is 9.72. The van der Waals surface area contributed by atoms with Crippen molar-refractivity contribution in [2.24, 2.45) is 5.41 Å². The monoisotopic (exact) mass is 579 g/mol. The Balaban J connectivity index is 1.70. The minimum Gasteiger partial charge on any atom is -0.469 e. The smallest absolute Gasteiger partial charge is 0.338 e. The summed E-state index contributed by atoms with van der Waals surface area (Å²) >= 11 is 0. The number of ether oxygens (including phenoxy) is 2. The molecule has 1 heterocycles. The Bertz CT molecular complexity index is 1180. The lowest BCUT2D eigenvalue weighted by Crippen LogP contribution is -2.73. The average molecular weight is 580 g/mol. The molecule has 0 saturated carbocycles. The third kappa shape index (κ3) is 7.33. The van der Waals surface area contributed by atoms with Gasteiger partial charge in [-0.1, -0.05) is 57.0 Å². The number of imide groups is 1. The molecular formula is C34H49N3O5. The van der Waals surface area contributed by atoms with Crippen molar-refractivity contribution in [1.82, 2.24) is 15.1 Å². The molecule has 2 aromatic rings. The van der Waals surface area contributed by atoms with Crippen LogP contribution in [0.25, 0.3) is 0 Å². The molecule has 8 nitrogen and oxygen atoms in total. The summed E-state index contributed by atoms with van der Waals surface area (Å²) in [5, 5.41) is 3.07.